The number of benzene rings is 2. The van der Waals surface area contributed by atoms with Crippen LogP contribution in [0, 0.1) is 5.92 Å². The molecule has 0 aromatic heterocycles. The standard InChI is InChI=1S/C24H35N5O4/c1-15(2)21(26)24(32)27-16(3)22(30)28-19-11-9-18(10-12-19)14-33-29-23(31)20(25)13-17-7-5-4-6-8-17/h4-12,15-16,20-22,28,30H,13-14,25-26H2,1-3H3,(H,27,32)(H,29,31)/t16-,20+,21-,22?/m1/s1. The first kappa shape index (κ1) is 26.3. The molecule has 0 aliphatic rings. The summed E-state index contributed by atoms with van der Waals surface area (Å²) >= 11 is 0. The molecule has 0 radical (unpaired) electrons. The summed E-state index contributed by atoms with van der Waals surface area (Å²) in [4.78, 5) is 29.4. The van der Waals surface area contributed by atoms with Gasteiger partial charge in [-0.1, -0.05) is 56.3 Å². The minimum absolute atomic E-state index is 0.00134. The van der Waals surface area contributed by atoms with E-state index in [1.165, 1.54) is 0 Å². The van der Waals surface area contributed by atoms with Gasteiger partial charge in [-0.15, -0.1) is 0 Å². The minimum Gasteiger partial charge on any atom is -0.372 e. The lowest BCUT2D eigenvalue weighted by molar-refractivity contribution is -0.135. The highest BCUT2D eigenvalue weighted by atomic mass is 16.6. The van der Waals surface area contributed by atoms with E-state index in [2.05, 4.69) is 16.1 Å². The van der Waals surface area contributed by atoms with Crippen LogP contribution in [-0.4, -0.2) is 41.3 Å². The van der Waals surface area contributed by atoms with Crippen LogP contribution in [0.25, 0.3) is 0 Å². The molecule has 0 aliphatic heterocycles. The Morgan fingerprint density at radius 3 is 2.18 bits per heavy atom. The molecule has 8 N–H and O–H groups in total. The Labute approximate surface area is 194 Å². The van der Waals surface area contributed by atoms with Crippen LogP contribution in [0.3, 0.4) is 0 Å². The van der Waals surface area contributed by atoms with E-state index < -0.39 is 30.3 Å². The monoisotopic (exact) mass is 457 g/mol. The smallest absolute Gasteiger partial charge is 0.260 e. The van der Waals surface area contributed by atoms with E-state index in [4.69, 9.17) is 16.3 Å². The maximum atomic E-state index is 12.1. The third kappa shape index (κ3) is 8.82. The number of carbonyl (C=O) groups is 2. The molecule has 0 fully saturated rings. The Hall–Kier alpha value is -2.98. The van der Waals surface area contributed by atoms with Gasteiger partial charge in [0.05, 0.1) is 24.7 Å². The highest BCUT2D eigenvalue weighted by Crippen LogP contribution is 2.12. The number of nitrogens with one attached hydrogen (secondary N) is 3. The van der Waals surface area contributed by atoms with Gasteiger partial charge >= 0.3 is 0 Å². The van der Waals surface area contributed by atoms with E-state index in [1.807, 2.05) is 44.2 Å². The third-order valence-electron chi connectivity index (χ3n) is 5.18. The molecule has 1 unspecified atom stereocenters. The lowest BCUT2D eigenvalue weighted by Crippen LogP contribution is -2.51. The van der Waals surface area contributed by atoms with E-state index in [-0.39, 0.29) is 18.4 Å². The quantitative estimate of drug-likeness (QED) is 0.206. The van der Waals surface area contributed by atoms with Crippen molar-refractivity contribution >= 4 is 17.5 Å². The number of aliphatic hydroxyl groups is 1. The van der Waals surface area contributed by atoms with Crippen LogP contribution in [0.5, 0.6) is 0 Å². The van der Waals surface area contributed by atoms with Crippen LogP contribution >= 0.6 is 0 Å². The number of amides is 2. The first-order chi connectivity index (χ1) is 15.7. The molecule has 0 saturated carbocycles. The van der Waals surface area contributed by atoms with Crippen molar-refractivity contribution in [3.63, 3.8) is 0 Å². The number of anilines is 1. The van der Waals surface area contributed by atoms with Gasteiger partial charge in [0.1, 0.15) is 6.23 Å². The van der Waals surface area contributed by atoms with Crippen molar-refractivity contribution in [1.82, 2.24) is 10.8 Å². The zero-order valence-corrected chi connectivity index (χ0v) is 19.3. The van der Waals surface area contributed by atoms with Crippen molar-refractivity contribution < 1.29 is 19.5 Å². The van der Waals surface area contributed by atoms with Crippen molar-refractivity contribution in [3.8, 4) is 0 Å². The average Bonchev–Trinajstić information content (AvgIpc) is 2.79. The first-order valence-electron chi connectivity index (χ1n) is 11.0. The molecule has 0 spiro atoms. The van der Waals surface area contributed by atoms with E-state index in [0.29, 0.717) is 12.1 Å². The Morgan fingerprint density at radius 2 is 1.58 bits per heavy atom. The Balaban J connectivity index is 1.74. The maximum absolute atomic E-state index is 12.1. The van der Waals surface area contributed by atoms with Gasteiger partial charge in [0.2, 0.25) is 5.91 Å². The molecule has 9 heteroatoms. The predicted octanol–water partition coefficient (Wildman–Crippen LogP) is 1.02. The van der Waals surface area contributed by atoms with Crippen LogP contribution in [0.2, 0.25) is 0 Å². The summed E-state index contributed by atoms with van der Waals surface area (Å²) in [6.45, 7) is 5.57. The summed E-state index contributed by atoms with van der Waals surface area (Å²) in [5.74, 6) is -0.702. The van der Waals surface area contributed by atoms with E-state index in [0.717, 1.165) is 11.1 Å². The van der Waals surface area contributed by atoms with Gasteiger partial charge in [-0.3, -0.25) is 14.4 Å². The van der Waals surface area contributed by atoms with E-state index >= 15 is 0 Å². The zero-order chi connectivity index (χ0) is 24.4. The zero-order valence-electron chi connectivity index (χ0n) is 19.3. The molecule has 0 aliphatic carbocycles. The van der Waals surface area contributed by atoms with Crippen LogP contribution in [0.15, 0.2) is 54.6 Å². The fraction of sp³-hybridized carbons (Fsp3) is 0.417. The molecule has 0 bridgehead atoms. The maximum Gasteiger partial charge on any atom is 0.260 e. The fourth-order valence-electron chi connectivity index (χ4n) is 2.92. The number of nitrogens with two attached hydrogens (primary N) is 2. The highest BCUT2D eigenvalue weighted by molar-refractivity contribution is 5.82. The lowest BCUT2D eigenvalue weighted by atomic mass is 10.0. The lowest BCUT2D eigenvalue weighted by Gasteiger charge is -2.24. The Kier molecular flexibility index (Phi) is 10.3. The van der Waals surface area contributed by atoms with Crippen molar-refractivity contribution in [3.05, 3.63) is 65.7 Å². The van der Waals surface area contributed by atoms with Crippen molar-refractivity contribution in [2.24, 2.45) is 17.4 Å². The summed E-state index contributed by atoms with van der Waals surface area (Å²) in [6, 6.07) is 14.8. The van der Waals surface area contributed by atoms with Gasteiger partial charge in [0.15, 0.2) is 0 Å². The number of hydrogen-bond acceptors (Lipinski definition) is 7. The van der Waals surface area contributed by atoms with E-state index in [1.54, 1.807) is 31.2 Å². The van der Waals surface area contributed by atoms with Crippen molar-refractivity contribution in [2.75, 3.05) is 5.32 Å². The van der Waals surface area contributed by atoms with Gasteiger partial charge < -0.3 is 27.2 Å². The molecule has 0 heterocycles. The molecular weight excluding hydrogens is 422 g/mol. The van der Waals surface area contributed by atoms with Crippen molar-refractivity contribution in [1.29, 1.82) is 0 Å². The molecule has 4 atom stereocenters. The van der Waals surface area contributed by atoms with Crippen LogP contribution < -0.4 is 27.6 Å². The summed E-state index contributed by atoms with van der Waals surface area (Å²) in [5.41, 5.74) is 16.6. The van der Waals surface area contributed by atoms with Gasteiger partial charge in [0.25, 0.3) is 5.91 Å². The van der Waals surface area contributed by atoms with E-state index in [9.17, 15) is 14.7 Å². The summed E-state index contributed by atoms with van der Waals surface area (Å²) < 4.78 is 0. The number of aliphatic hydroxyl groups excluding tert-OH is 1. The molecule has 2 aromatic carbocycles. The molecule has 2 aromatic rings. The number of hydrogen-bond donors (Lipinski definition) is 6. The second kappa shape index (κ2) is 12.9. The first-order valence-corrected chi connectivity index (χ1v) is 11.0. The molecule has 9 nitrogen and oxygen atoms in total. The summed E-state index contributed by atoms with van der Waals surface area (Å²) in [6.07, 6.45) is -0.582. The highest BCUT2D eigenvalue weighted by Gasteiger charge is 2.22. The molecule has 180 valence electrons. The second-order valence-electron chi connectivity index (χ2n) is 8.40. The van der Waals surface area contributed by atoms with Gasteiger partial charge in [-0.25, -0.2) is 5.48 Å². The number of hydroxylamine groups is 1. The molecular formula is C24H35N5O4. The topological polar surface area (TPSA) is 152 Å². The minimum atomic E-state index is -0.999. The van der Waals surface area contributed by atoms with Crippen LogP contribution in [0.4, 0.5) is 5.69 Å². The summed E-state index contributed by atoms with van der Waals surface area (Å²) in [7, 11) is 0. The fourth-order valence-corrected chi connectivity index (χ4v) is 2.92. The van der Waals surface area contributed by atoms with Gasteiger partial charge in [-0.2, -0.15) is 0 Å². The van der Waals surface area contributed by atoms with Crippen molar-refractivity contribution in [2.45, 2.75) is 58.2 Å². The SMILES string of the molecule is CC(C)[C@@H](N)C(=O)N[C@H](C)C(O)Nc1ccc(CONC(=O)[C@@H](N)Cc2ccccc2)cc1. The Morgan fingerprint density at radius 1 is 0.939 bits per heavy atom. The average molecular weight is 458 g/mol. The van der Waals surface area contributed by atoms with Gasteiger partial charge in [0, 0.05) is 5.69 Å². The van der Waals surface area contributed by atoms with Crippen LogP contribution in [0.1, 0.15) is 31.9 Å². The predicted molar refractivity (Wildman–Crippen MR) is 128 cm³/mol. The third-order valence-corrected chi connectivity index (χ3v) is 5.18. The Bertz CT molecular complexity index is 876. The second-order valence-corrected chi connectivity index (χ2v) is 8.40. The molecule has 2 amide bonds. The largest absolute Gasteiger partial charge is 0.372 e. The normalized spacial score (nSPS) is 14.8. The molecule has 2 rings (SSSR count). The molecule has 0 saturated heterocycles. The number of carbonyl (C=O) groups excluding carboxylic acids is 2. The molecule has 33 heavy (non-hydrogen) atoms. The number of rotatable bonds is 12. The van der Waals surface area contributed by atoms with Gasteiger partial charge in [-0.05, 0) is 42.5 Å². The summed E-state index contributed by atoms with van der Waals surface area (Å²) in [5, 5.41) is 16.0. The van der Waals surface area contributed by atoms with Crippen LogP contribution in [-0.2, 0) is 27.5 Å².